The number of aliphatic hydroxyl groups is 2. The molecular weight excluding hydrogens is 532 g/mol. The lowest BCUT2D eigenvalue weighted by Crippen LogP contribution is -2.50. The molecule has 0 radical (unpaired) electrons. The van der Waals surface area contributed by atoms with Gasteiger partial charge in [-0.25, -0.2) is 13.8 Å². The Morgan fingerprint density at radius 1 is 1.32 bits per heavy atom. The van der Waals surface area contributed by atoms with Gasteiger partial charge in [-0.05, 0) is 45.9 Å². The number of ether oxygens (including phenoxy) is 2. The minimum absolute atomic E-state index is 0.0690. The Labute approximate surface area is 216 Å². The first-order chi connectivity index (χ1) is 17.2. The van der Waals surface area contributed by atoms with E-state index in [0.29, 0.717) is 0 Å². The maximum atomic E-state index is 15.9. The fourth-order valence-corrected chi connectivity index (χ4v) is 5.16. The highest BCUT2D eigenvalue weighted by Gasteiger charge is 2.63. The standard InChI is InChI=1S/C22H29FN3O9PS/c1-13(2)33-17(27)14(3)25-36(31,35-15-8-6-5-7-9-15)32-12-22(23)18(28)21(4,30)19(34-22)26-11-10-16(37)24-20(26)29/h5-11,13-14,18-19,28,30H,12H2,1-4H3,(H,25,31)(H,24,29,37)/t14-,18?,19+,21+,22+,36?/m0/s1. The largest absolute Gasteiger partial charge is 0.462 e. The van der Waals surface area contributed by atoms with E-state index in [-0.39, 0.29) is 10.4 Å². The Bertz CT molecular complexity index is 1270. The number of carbonyl (C=O) groups is 1. The molecule has 0 saturated carbocycles. The van der Waals surface area contributed by atoms with Crippen LogP contribution in [0.25, 0.3) is 0 Å². The van der Waals surface area contributed by atoms with Crippen LogP contribution in [0.5, 0.6) is 5.75 Å². The van der Waals surface area contributed by atoms with E-state index < -0.39 is 61.9 Å². The summed E-state index contributed by atoms with van der Waals surface area (Å²) in [5.41, 5.74) is -3.16. The highest BCUT2D eigenvalue weighted by atomic mass is 32.1. The van der Waals surface area contributed by atoms with E-state index in [9.17, 15) is 24.4 Å². The van der Waals surface area contributed by atoms with Gasteiger partial charge in [0.05, 0.1) is 6.10 Å². The smallest absolute Gasteiger partial charge is 0.459 e. The molecular formula is C22H29FN3O9PS. The Hall–Kier alpha value is -2.45. The molecule has 4 N–H and O–H groups in total. The lowest BCUT2D eigenvalue weighted by atomic mass is 9.95. The number of para-hydroxylation sites is 1. The van der Waals surface area contributed by atoms with E-state index in [2.05, 4.69) is 10.1 Å². The molecule has 0 aliphatic carbocycles. The predicted molar refractivity (Wildman–Crippen MR) is 131 cm³/mol. The maximum Gasteiger partial charge on any atom is 0.459 e. The summed E-state index contributed by atoms with van der Waals surface area (Å²) in [6.45, 7) is 4.43. The van der Waals surface area contributed by atoms with Crippen molar-refractivity contribution < 1.29 is 42.5 Å². The number of esters is 1. The topological polar surface area (TPSA) is 161 Å². The predicted octanol–water partition coefficient (Wildman–Crippen LogP) is 2.35. The highest BCUT2D eigenvalue weighted by Crippen LogP contribution is 2.50. The molecule has 6 atom stereocenters. The molecule has 0 spiro atoms. The summed E-state index contributed by atoms with van der Waals surface area (Å²) in [4.78, 5) is 26.9. The number of rotatable bonds is 10. The number of halogens is 1. The van der Waals surface area contributed by atoms with Crippen molar-refractivity contribution in [3.05, 3.63) is 57.7 Å². The van der Waals surface area contributed by atoms with Gasteiger partial charge >= 0.3 is 19.4 Å². The van der Waals surface area contributed by atoms with Crippen LogP contribution in [0.2, 0.25) is 0 Å². The molecule has 1 fully saturated rings. The number of hydrogen-bond acceptors (Lipinski definition) is 10. The monoisotopic (exact) mass is 561 g/mol. The Morgan fingerprint density at radius 3 is 2.57 bits per heavy atom. The Morgan fingerprint density at radius 2 is 1.97 bits per heavy atom. The van der Waals surface area contributed by atoms with Crippen LogP contribution < -0.4 is 15.3 Å². The van der Waals surface area contributed by atoms with Gasteiger partial charge in [0.15, 0.2) is 6.23 Å². The molecule has 37 heavy (non-hydrogen) atoms. The molecule has 2 unspecified atom stereocenters. The zero-order chi connectivity index (χ0) is 27.6. The van der Waals surface area contributed by atoms with Crippen molar-refractivity contribution in [1.29, 1.82) is 0 Å². The molecule has 15 heteroatoms. The van der Waals surface area contributed by atoms with Crippen LogP contribution >= 0.6 is 20.0 Å². The minimum atomic E-state index is -4.52. The van der Waals surface area contributed by atoms with E-state index >= 15 is 4.39 Å². The maximum absolute atomic E-state index is 15.9. The van der Waals surface area contributed by atoms with Crippen LogP contribution in [0.3, 0.4) is 0 Å². The van der Waals surface area contributed by atoms with Crippen LogP contribution in [-0.2, 0) is 23.4 Å². The van der Waals surface area contributed by atoms with Crippen molar-refractivity contribution >= 4 is 25.9 Å². The van der Waals surface area contributed by atoms with E-state index in [1.165, 1.54) is 25.1 Å². The van der Waals surface area contributed by atoms with Crippen molar-refractivity contribution in [2.24, 2.45) is 0 Å². The van der Waals surface area contributed by atoms with Crippen molar-refractivity contribution in [1.82, 2.24) is 14.6 Å². The summed E-state index contributed by atoms with van der Waals surface area (Å²) in [5.74, 6) is -3.86. The third-order valence-electron chi connectivity index (χ3n) is 5.33. The van der Waals surface area contributed by atoms with Gasteiger partial charge in [0.2, 0.25) is 0 Å². The molecule has 204 valence electrons. The molecule has 1 aromatic heterocycles. The van der Waals surface area contributed by atoms with Gasteiger partial charge in [-0.2, -0.15) is 5.09 Å². The summed E-state index contributed by atoms with van der Waals surface area (Å²) >= 11 is 4.87. The van der Waals surface area contributed by atoms with Crippen molar-refractivity contribution in [3.63, 3.8) is 0 Å². The first-order valence-corrected chi connectivity index (χ1v) is 13.2. The third-order valence-corrected chi connectivity index (χ3v) is 7.19. The molecule has 1 aromatic carbocycles. The summed E-state index contributed by atoms with van der Waals surface area (Å²) in [5, 5.41) is 23.8. The lowest BCUT2D eigenvalue weighted by Gasteiger charge is -2.29. The molecule has 2 heterocycles. The van der Waals surface area contributed by atoms with E-state index in [4.69, 9.17) is 30.7 Å². The molecule has 0 amide bonds. The quantitative estimate of drug-likeness (QED) is 0.191. The number of nitrogens with zero attached hydrogens (tertiary/aromatic N) is 1. The number of hydrogen-bond donors (Lipinski definition) is 4. The summed E-state index contributed by atoms with van der Waals surface area (Å²) < 4.78 is 51.4. The zero-order valence-corrected chi connectivity index (χ0v) is 22.2. The third kappa shape index (κ3) is 6.71. The number of aliphatic hydroxyl groups excluding tert-OH is 1. The second-order valence-corrected chi connectivity index (χ2v) is 11.0. The fraction of sp³-hybridized carbons (Fsp3) is 0.500. The van der Waals surface area contributed by atoms with Gasteiger partial charge < -0.3 is 24.2 Å². The average molecular weight is 562 g/mol. The van der Waals surface area contributed by atoms with Crippen LogP contribution in [0, 0.1) is 4.64 Å². The van der Waals surface area contributed by atoms with Gasteiger partial charge in [-0.15, -0.1) is 0 Å². The normalized spacial score (nSPS) is 28.0. The highest BCUT2D eigenvalue weighted by molar-refractivity contribution is 7.71. The number of aromatic nitrogens is 2. The number of carbonyl (C=O) groups excluding carboxylic acids is 1. The molecule has 2 aromatic rings. The molecule has 1 aliphatic heterocycles. The number of nitrogens with one attached hydrogen (secondary N) is 2. The van der Waals surface area contributed by atoms with Crippen molar-refractivity contribution in [2.45, 2.75) is 63.6 Å². The van der Waals surface area contributed by atoms with Crippen LogP contribution in [0.4, 0.5) is 4.39 Å². The van der Waals surface area contributed by atoms with Gasteiger partial charge in [-0.1, -0.05) is 30.4 Å². The number of H-pyrrole nitrogens is 1. The second kappa shape index (κ2) is 11.1. The Kier molecular flexibility index (Phi) is 8.75. The number of aromatic amines is 1. The molecule has 1 aliphatic rings. The van der Waals surface area contributed by atoms with Gasteiger partial charge in [0, 0.05) is 6.20 Å². The fourth-order valence-electron chi connectivity index (χ4n) is 3.51. The molecule has 12 nitrogen and oxygen atoms in total. The first-order valence-electron chi connectivity index (χ1n) is 11.2. The van der Waals surface area contributed by atoms with E-state index in [1.807, 2.05) is 0 Å². The molecule has 3 rings (SSSR count). The number of benzene rings is 1. The van der Waals surface area contributed by atoms with Crippen molar-refractivity contribution in [3.8, 4) is 5.75 Å². The SMILES string of the molecule is CC(C)OC(=O)[C@H](C)NP(=O)(OC[C@@]1(F)O[C@@H](n2ccc(=S)[nH]c2=O)[C@](C)(O)C1O)Oc1ccccc1. The van der Waals surface area contributed by atoms with Crippen LogP contribution in [-0.4, -0.2) is 62.0 Å². The summed E-state index contributed by atoms with van der Waals surface area (Å²) in [6.07, 6.45) is -3.27. The zero-order valence-electron chi connectivity index (χ0n) is 20.5. The van der Waals surface area contributed by atoms with Gasteiger partial charge in [0.25, 0.3) is 5.85 Å². The van der Waals surface area contributed by atoms with E-state index in [1.54, 1.807) is 32.0 Å². The first kappa shape index (κ1) is 29.1. The Balaban J connectivity index is 1.86. The van der Waals surface area contributed by atoms with E-state index in [0.717, 1.165) is 17.7 Å². The molecule has 0 bridgehead atoms. The average Bonchev–Trinajstić information content (AvgIpc) is 2.98. The number of alkyl halides is 1. The molecule has 1 saturated heterocycles. The van der Waals surface area contributed by atoms with Gasteiger partial charge in [0.1, 0.15) is 34.7 Å². The van der Waals surface area contributed by atoms with Gasteiger partial charge in [-0.3, -0.25) is 18.9 Å². The van der Waals surface area contributed by atoms with Crippen LogP contribution in [0.1, 0.15) is 33.9 Å². The summed E-state index contributed by atoms with van der Waals surface area (Å²) in [6, 6.07) is 7.85. The summed E-state index contributed by atoms with van der Waals surface area (Å²) in [7, 11) is -4.52. The van der Waals surface area contributed by atoms with Crippen molar-refractivity contribution in [2.75, 3.05) is 6.61 Å². The van der Waals surface area contributed by atoms with Crippen LogP contribution in [0.15, 0.2) is 47.4 Å². The minimum Gasteiger partial charge on any atom is -0.462 e. The lowest BCUT2D eigenvalue weighted by molar-refractivity contribution is -0.204. The second-order valence-electron chi connectivity index (χ2n) is 8.91.